The van der Waals surface area contributed by atoms with Gasteiger partial charge in [0.2, 0.25) is 0 Å². The fourth-order valence-electron chi connectivity index (χ4n) is 2.24. The Hall–Kier alpha value is -2.30. The molecule has 3 aromatic rings. The third kappa shape index (κ3) is 4.58. The first-order valence-electron chi connectivity index (χ1n) is 7.18. The average Bonchev–Trinajstić information content (AvgIpc) is 3.05. The second-order valence-corrected chi connectivity index (χ2v) is 4.96. The summed E-state index contributed by atoms with van der Waals surface area (Å²) in [7, 11) is 1.66. The number of nitrogens with one attached hydrogen (secondary N) is 1. The molecular formula is C18H18ClN2O2-. The van der Waals surface area contributed by atoms with Crippen LogP contribution in [0.15, 0.2) is 65.3 Å². The molecule has 0 amide bonds. The van der Waals surface area contributed by atoms with Gasteiger partial charge in [-0.1, -0.05) is 12.1 Å². The van der Waals surface area contributed by atoms with Crippen LogP contribution in [-0.2, 0) is 13.1 Å². The summed E-state index contributed by atoms with van der Waals surface area (Å²) in [5, 5.41) is 3.36. The van der Waals surface area contributed by atoms with Gasteiger partial charge in [-0.2, -0.15) is 0 Å². The van der Waals surface area contributed by atoms with Crippen LogP contribution in [0.2, 0.25) is 0 Å². The predicted octanol–water partition coefficient (Wildman–Crippen LogP) is 0.644. The molecule has 2 heterocycles. The molecule has 3 rings (SSSR count). The first kappa shape index (κ1) is 17.1. The van der Waals surface area contributed by atoms with E-state index in [2.05, 4.69) is 10.3 Å². The van der Waals surface area contributed by atoms with Crippen LogP contribution in [0.25, 0.3) is 11.3 Å². The van der Waals surface area contributed by atoms with Gasteiger partial charge in [0.15, 0.2) is 0 Å². The maximum atomic E-state index is 5.88. The summed E-state index contributed by atoms with van der Waals surface area (Å²) >= 11 is 0. The Morgan fingerprint density at radius 2 is 1.87 bits per heavy atom. The lowest BCUT2D eigenvalue weighted by Gasteiger charge is -2.03. The minimum Gasteiger partial charge on any atom is -1.00 e. The summed E-state index contributed by atoms with van der Waals surface area (Å²) in [6, 6.07) is 15.8. The monoisotopic (exact) mass is 329 g/mol. The minimum absolute atomic E-state index is 0. The molecule has 23 heavy (non-hydrogen) atoms. The molecule has 0 aliphatic rings. The molecule has 0 aliphatic heterocycles. The van der Waals surface area contributed by atoms with E-state index in [1.165, 1.54) is 5.56 Å². The maximum Gasteiger partial charge on any atom is 0.134 e. The van der Waals surface area contributed by atoms with E-state index in [9.17, 15) is 0 Å². The molecule has 2 aromatic heterocycles. The lowest BCUT2D eigenvalue weighted by Crippen LogP contribution is -3.00. The Kier molecular flexibility index (Phi) is 6.20. The second kappa shape index (κ2) is 8.36. The molecule has 1 aromatic carbocycles. The molecule has 0 atom stereocenters. The van der Waals surface area contributed by atoms with Crippen molar-refractivity contribution in [1.29, 1.82) is 0 Å². The van der Waals surface area contributed by atoms with Crippen molar-refractivity contribution in [2.75, 3.05) is 7.11 Å². The highest BCUT2D eigenvalue weighted by molar-refractivity contribution is 5.59. The third-order valence-electron chi connectivity index (χ3n) is 3.39. The normalized spacial score (nSPS) is 10.1. The van der Waals surface area contributed by atoms with Gasteiger partial charge < -0.3 is 26.9 Å². The smallest absolute Gasteiger partial charge is 0.134 e. The van der Waals surface area contributed by atoms with E-state index < -0.39 is 0 Å². The molecule has 0 bridgehead atoms. The number of methoxy groups -OCH3 is 1. The van der Waals surface area contributed by atoms with Crippen molar-refractivity contribution in [3.05, 3.63) is 72.2 Å². The number of halogens is 1. The number of nitrogens with zero attached hydrogens (tertiary/aromatic N) is 1. The van der Waals surface area contributed by atoms with E-state index in [0.29, 0.717) is 6.54 Å². The first-order chi connectivity index (χ1) is 10.8. The van der Waals surface area contributed by atoms with E-state index in [-0.39, 0.29) is 12.4 Å². The molecule has 1 N–H and O–H groups in total. The zero-order valence-corrected chi connectivity index (χ0v) is 13.6. The zero-order chi connectivity index (χ0) is 15.2. The Labute approximate surface area is 141 Å². The number of benzene rings is 1. The van der Waals surface area contributed by atoms with Crippen molar-refractivity contribution in [3.8, 4) is 17.1 Å². The van der Waals surface area contributed by atoms with E-state index in [1.54, 1.807) is 19.5 Å². The van der Waals surface area contributed by atoms with E-state index in [4.69, 9.17) is 9.15 Å². The van der Waals surface area contributed by atoms with Gasteiger partial charge in [0.25, 0.3) is 0 Å². The Balaban J connectivity index is 0.00000192. The molecule has 0 radical (unpaired) electrons. The summed E-state index contributed by atoms with van der Waals surface area (Å²) in [5.74, 6) is 2.58. The predicted molar refractivity (Wildman–Crippen MR) is 85.5 cm³/mol. The molecule has 0 unspecified atom stereocenters. The number of ether oxygens (including phenoxy) is 1. The van der Waals surface area contributed by atoms with Crippen LogP contribution >= 0.6 is 0 Å². The van der Waals surface area contributed by atoms with Crippen LogP contribution in [0.5, 0.6) is 5.75 Å². The fourth-order valence-corrected chi connectivity index (χ4v) is 2.24. The summed E-state index contributed by atoms with van der Waals surface area (Å²) in [6.07, 6.45) is 3.59. The lowest BCUT2D eigenvalue weighted by molar-refractivity contribution is -0.00000540. The van der Waals surface area contributed by atoms with Crippen molar-refractivity contribution in [2.45, 2.75) is 13.1 Å². The minimum atomic E-state index is 0. The number of aromatic nitrogens is 1. The van der Waals surface area contributed by atoms with E-state index in [1.807, 2.05) is 48.5 Å². The van der Waals surface area contributed by atoms with Gasteiger partial charge in [0.1, 0.15) is 17.3 Å². The third-order valence-corrected chi connectivity index (χ3v) is 3.39. The molecule has 4 nitrogen and oxygen atoms in total. The number of hydrogen-bond acceptors (Lipinski definition) is 4. The number of furan rings is 1. The van der Waals surface area contributed by atoms with Crippen LogP contribution < -0.4 is 22.5 Å². The molecule has 0 saturated heterocycles. The van der Waals surface area contributed by atoms with Gasteiger partial charge in [-0.3, -0.25) is 4.98 Å². The highest BCUT2D eigenvalue weighted by atomic mass is 35.5. The molecule has 5 heteroatoms. The standard InChI is InChI=1S/C18H18N2O2.ClH/c1-21-16-4-2-3-15(11-16)18-6-5-17(22-18)13-20-12-14-7-9-19-10-8-14;/h2-11,20H,12-13H2,1H3;1H/p-1. The zero-order valence-electron chi connectivity index (χ0n) is 12.8. The van der Waals surface area contributed by atoms with Gasteiger partial charge in [-0.25, -0.2) is 0 Å². The second-order valence-electron chi connectivity index (χ2n) is 4.96. The van der Waals surface area contributed by atoms with E-state index >= 15 is 0 Å². The highest BCUT2D eigenvalue weighted by Gasteiger charge is 2.05. The SMILES string of the molecule is COc1cccc(-c2ccc(CNCc3ccncc3)o2)c1.[Cl-]. The molecule has 0 saturated carbocycles. The summed E-state index contributed by atoms with van der Waals surface area (Å²) in [5.41, 5.74) is 2.22. The quantitative estimate of drug-likeness (QED) is 0.721. The van der Waals surface area contributed by atoms with Gasteiger partial charge in [-0.15, -0.1) is 0 Å². The van der Waals surface area contributed by atoms with Crippen LogP contribution in [0.1, 0.15) is 11.3 Å². The fraction of sp³-hybridized carbons (Fsp3) is 0.167. The molecule has 0 aliphatic carbocycles. The van der Waals surface area contributed by atoms with E-state index in [0.717, 1.165) is 29.4 Å². The highest BCUT2D eigenvalue weighted by Crippen LogP contribution is 2.25. The van der Waals surface area contributed by atoms with Crippen LogP contribution in [-0.4, -0.2) is 12.1 Å². The van der Waals surface area contributed by atoms with Crippen molar-refractivity contribution in [3.63, 3.8) is 0 Å². The van der Waals surface area contributed by atoms with Gasteiger partial charge in [0, 0.05) is 24.5 Å². The number of pyridine rings is 1. The first-order valence-corrected chi connectivity index (χ1v) is 7.18. The van der Waals surface area contributed by atoms with Crippen LogP contribution in [0.3, 0.4) is 0 Å². The molecule has 0 fully saturated rings. The lowest BCUT2D eigenvalue weighted by atomic mass is 10.2. The van der Waals surface area contributed by atoms with Crippen molar-refractivity contribution >= 4 is 0 Å². The number of hydrogen-bond donors (Lipinski definition) is 1. The van der Waals surface area contributed by atoms with Crippen molar-refractivity contribution < 1.29 is 21.6 Å². The average molecular weight is 330 g/mol. The molecule has 120 valence electrons. The Morgan fingerprint density at radius 1 is 1.04 bits per heavy atom. The largest absolute Gasteiger partial charge is 1.00 e. The Morgan fingerprint density at radius 3 is 2.65 bits per heavy atom. The summed E-state index contributed by atoms with van der Waals surface area (Å²) < 4.78 is 11.1. The van der Waals surface area contributed by atoms with Gasteiger partial charge in [0.05, 0.1) is 13.7 Å². The van der Waals surface area contributed by atoms with Crippen LogP contribution in [0, 0.1) is 0 Å². The van der Waals surface area contributed by atoms with Gasteiger partial charge >= 0.3 is 0 Å². The van der Waals surface area contributed by atoms with Crippen LogP contribution in [0.4, 0.5) is 0 Å². The van der Waals surface area contributed by atoms with Crippen molar-refractivity contribution in [2.24, 2.45) is 0 Å². The summed E-state index contributed by atoms with van der Waals surface area (Å²) in [6.45, 7) is 1.48. The van der Waals surface area contributed by atoms with Crippen molar-refractivity contribution in [1.82, 2.24) is 10.3 Å². The topological polar surface area (TPSA) is 47.3 Å². The molecule has 0 spiro atoms. The number of rotatable bonds is 6. The van der Waals surface area contributed by atoms with Gasteiger partial charge in [-0.05, 0) is 42.0 Å². The summed E-state index contributed by atoms with van der Waals surface area (Å²) in [4.78, 5) is 4.01. The molecular weight excluding hydrogens is 312 g/mol. The maximum absolute atomic E-state index is 5.88. The Bertz CT molecular complexity index is 729.